The number of hydrogen-bond acceptors (Lipinski definition) is 7. The highest BCUT2D eigenvalue weighted by Crippen LogP contribution is 2.33. The van der Waals surface area contributed by atoms with E-state index < -0.39 is 29.8 Å². The van der Waals surface area contributed by atoms with Crippen LogP contribution in [0.5, 0.6) is 0 Å². The van der Waals surface area contributed by atoms with Gasteiger partial charge in [-0.3, -0.25) is 14.4 Å². The molecule has 2 aliphatic heterocycles. The fourth-order valence-electron chi connectivity index (χ4n) is 4.33. The first-order chi connectivity index (χ1) is 13.5. The standard InChI is InChI=1S/C20H34N4O5/c1-12-8-20(10-25,24(9-12)18(27)13(2)21)11-29-15(4)17(22)19(28)23-7-5-6-16(23)14(3)26/h10,12-13,15-17H,5-9,11,21-22H2,1-4H3/t12-,13+,15+,16+,17+,20?/m1/s1. The van der Waals surface area contributed by atoms with Crippen LogP contribution in [0.25, 0.3) is 0 Å². The predicted octanol–water partition coefficient (Wildman–Crippen LogP) is -0.548. The Bertz CT molecular complexity index is 655. The molecule has 0 aromatic heterocycles. The lowest BCUT2D eigenvalue weighted by molar-refractivity contribution is -0.147. The van der Waals surface area contributed by atoms with Crippen LogP contribution >= 0.6 is 0 Å². The molecule has 0 aromatic rings. The molecule has 9 nitrogen and oxygen atoms in total. The van der Waals surface area contributed by atoms with Crippen molar-refractivity contribution in [2.45, 2.75) is 76.7 Å². The number of rotatable bonds is 8. The minimum atomic E-state index is -1.11. The molecule has 1 unspecified atom stereocenters. The average Bonchev–Trinajstić information content (AvgIpc) is 3.29. The van der Waals surface area contributed by atoms with Crippen molar-refractivity contribution in [3.8, 4) is 0 Å². The van der Waals surface area contributed by atoms with Crippen LogP contribution in [0.15, 0.2) is 0 Å². The molecule has 4 N–H and O–H groups in total. The van der Waals surface area contributed by atoms with Crippen molar-refractivity contribution in [1.29, 1.82) is 0 Å². The first-order valence-corrected chi connectivity index (χ1v) is 10.3. The highest BCUT2D eigenvalue weighted by molar-refractivity contribution is 5.90. The molecule has 2 rings (SSSR count). The molecule has 2 fully saturated rings. The molecule has 0 saturated carbocycles. The Morgan fingerprint density at radius 2 is 1.90 bits per heavy atom. The third kappa shape index (κ3) is 4.84. The Kier molecular flexibility index (Phi) is 7.53. The van der Waals surface area contributed by atoms with Gasteiger partial charge in [-0.05, 0) is 46.0 Å². The first-order valence-electron chi connectivity index (χ1n) is 10.3. The SMILES string of the molecule is CC(=O)[C@@H]1CCCN1C(=O)[C@@H](N)[C@H](C)OCC1(C=O)C[C@@H](C)CN1C(=O)[C@H](C)N. The van der Waals surface area contributed by atoms with E-state index in [-0.39, 0.29) is 30.1 Å². The van der Waals surface area contributed by atoms with Gasteiger partial charge in [-0.1, -0.05) is 6.92 Å². The molecule has 2 heterocycles. The third-order valence-corrected chi connectivity index (χ3v) is 6.00. The number of aldehydes is 1. The minimum absolute atomic E-state index is 0.0541. The number of amides is 2. The Morgan fingerprint density at radius 1 is 1.24 bits per heavy atom. The van der Waals surface area contributed by atoms with E-state index in [1.807, 2.05) is 6.92 Å². The Hall–Kier alpha value is -1.84. The Labute approximate surface area is 172 Å². The molecule has 2 saturated heterocycles. The smallest absolute Gasteiger partial charge is 0.242 e. The molecule has 0 aromatic carbocycles. The number of Topliss-reactive ketones (excluding diaryl/α,β-unsaturated/α-hetero) is 1. The molecule has 0 radical (unpaired) electrons. The van der Waals surface area contributed by atoms with Crippen LogP contribution in [0.1, 0.15) is 47.0 Å². The number of carbonyl (C=O) groups is 4. The molecule has 6 atom stereocenters. The van der Waals surface area contributed by atoms with E-state index in [2.05, 4.69) is 0 Å². The van der Waals surface area contributed by atoms with Gasteiger partial charge in [-0.2, -0.15) is 0 Å². The topological polar surface area (TPSA) is 136 Å². The molecule has 2 aliphatic rings. The van der Waals surface area contributed by atoms with Gasteiger partial charge in [0.1, 0.15) is 17.9 Å². The largest absolute Gasteiger partial charge is 0.373 e. The van der Waals surface area contributed by atoms with Crippen LogP contribution in [0.3, 0.4) is 0 Å². The number of ether oxygens (including phenoxy) is 1. The summed E-state index contributed by atoms with van der Waals surface area (Å²) in [5.41, 5.74) is 10.8. The van der Waals surface area contributed by atoms with Gasteiger partial charge in [-0.25, -0.2) is 0 Å². The minimum Gasteiger partial charge on any atom is -0.373 e. The summed E-state index contributed by atoms with van der Waals surface area (Å²) in [5, 5.41) is 0. The molecule has 164 valence electrons. The predicted molar refractivity (Wildman–Crippen MR) is 107 cm³/mol. The first kappa shape index (κ1) is 23.4. The van der Waals surface area contributed by atoms with Crippen molar-refractivity contribution in [2.24, 2.45) is 17.4 Å². The summed E-state index contributed by atoms with van der Waals surface area (Å²) < 4.78 is 5.84. The average molecular weight is 411 g/mol. The zero-order valence-electron chi connectivity index (χ0n) is 17.8. The van der Waals surface area contributed by atoms with Crippen LogP contribution < -0.4 is 11.5 Å². The van der Waals surface area contributed by atoms with Gasteiger partial charge in [0.15, 0.2) is 5.78 Å². The highest BCUT2D eigenvalue weighted by atomic mass is 16.5. The van der Waals surface area contributed by atoms with Crippen LogP contribution in [0, 0.1) is 5.92 Å². The van der Waals surface area contributed by atoms with Crippen molar-refractivity contribution in [3.05, 3.63) is 0 Å². The van der Waals surface area contributed by atoms with Crippen molar-refractivity contribution in [1.82, 2.24) is 9.80 Å². The van der Waals surface area contributed by atoms with Crippen LogP contribution in [-0.2, 0) is 23.9 Å². The number of nitrogens with two attached hydrogens (primary N) is 2. The Balaban J connectivity index is 2.06. The fraction of sp³-hybridized carbons (Fsp3) is 0.800. The molecule has 9 heteroatoms. The van der Waals surface area contributed by atoms with Crippen LogP contribution in [0.4, 0.5) is 0 Å². The summed E-state index contributed by atoms with van der Waals surface area (Å²) in [4.78, 5) is 52.0. The lowest BCUT2D eigenvalue weighted by atomic mass is 9.95. The number of ketones is 1. The maximum atomic E-state index is 12.8. The maximum absolute atomic E-state index is 12.8. The van der Waals surface area contributed by atoms with Gasteiger partial charge < -0.3 is 30.8 Å². The number of nitrogens with zero attached hydrogens (tertiary/aromatic N) is 2. The second kappa shape index (κ2) is 9.32. The molecule has 2 amide bonds. The van der Waals surface area contributed by atoms with E-state index in [0.29, 0.717) is 25.9 Å². The van der Waals surface area contributed by atoms with Gasteiger partial charge in [0.2, 0.25) is 11.8 Å². The van der Waals surface area contributed by atoms with Gasteiger partial charge >= 0.3 is 0 Å². The van der Waals surface area contributed by atoms with E-state index in [1.165, 1.54) is 16.7 Å². The molecule has 0 spiro atoms. The maximum Gasteiger partial charge on any atom is 0.242 e. The normalized spacial score (nSPS) is 30.1. The lowest BCUT2D eigenvalue weighted by Crippen LogP contribution is -2.57. The van der Waals surface area contributed by atoms with E-state index in [4.69, 9.17) is 16.2 Å². The molecular weight excluding hydrogens is 376 g/mol. The summed E-state index contributed by atoms with van der Waals surface area (Å²) in [5.74, 6) is -0.572. The van der Waals surface area contributed by atoms with Gasteiger partial charge in [0, 0.05) is 13.1 Å². The second-order valence-electron chi connectivity index (χ2n) is 8.61. The monoisotopic (exact) mass is 410 g/mol. The number of carbonyl (C=O) groups excluding carboxylic acids is 4. The van der Waals surface area contributed by atoms with Gasteiger partial charge in [0.05, 0.1) is 24.8 Å². The van der Waals surface area contributed by atoms with E-state index in [0.717, 1.165) is 12.7 Å². The summed E-state index contributed by atoms with van der Waals surface area (Å²) >= 11 is 0. The zero-order chi connectivity index (χ0) is 21.9. The zero-order valence-corrected chi connectivity index (χ0v) is 17.8. The van der Waals surface area contributed by atoms with E-state index in [1.54, 1.807) is 13.8 Å². The summed E-state index contributed by atoms with van der Waals surface area (Å²) in [6.45, 7) is 7.54. The molecular formula is C20H34N4O5. The summed E-state index contributed by atoms with van der Waals surface area (Å²) in [6.07, 6.45) is 1.92. The van der Waals surface area contributed by atoms with Crippen molar-refractivity contribution in [3.63, 3.8) is 0 Å². The molecule has 0 bridgehead atoms. The highest BCUT2D eigenvalue weighted by Gasteiger charge is 2.48. The van der Waals surface area contributed by atoms with Crippen LogP contribution in [-0.4, -0.2) is 83.1 Å². The van der Waals surface area contributed by atoms with Crippen LogP contribution in [0.2, 0.25) is 0 Å². The summed E-state index contributed by atoms with van der Waals surface area (Å²) in [7, 11) is 0. The van der Waals surface area contributed by atoms with Crippen molar-refractivity contribution >= 4 is 23.9 Å². The molecule has 29 heavy (non-hydrogen) atoms. The fourth-order valence-corrected chi connectivity index (χ4v) is 4.33. The number of likely N-dealkylation sites (tertiary alicyclic amines) is 2. The third-order valence-electron chi connectivity index (χ3n) is 6.00. The lowest BCUT2D eigenvalue weighted by Gasteiger charge is -2.36. The summed E-state index contributed by atoms with van der Waals surface area (Å²) in [6, 6.07) is -2.12. The molecule has 0 aliphatic carbocycles. The van der Waals surface area contributed by atoms with Crippen molar-refractivity contribution in [2.75, 3.05) is 19.7 Å². The quantitative estimate of drug-likeness (QED) is 0.513. The number of hydrogen-bond donors (Lipinski definition) is 2. The van der Waals surface area contributed by atoms with E-state index >= 15 is 0 Å². The van der Waals surface area contributed by atoms with Gasteiger partial charge in [0.25, 0.3) is 0 Å². The van der Waals surface area contributed by atoms with Gasteiger partial charge in [-0.15, -0.1) is 0 Å². The second-order valence-corrected chi connectivity index (χ2v) is 8.61. The Morgan fingerprint density at radius 3 is 2.45 bits per heavy atom. The van der Waals surface area contributed by atoms with Crippen molar-refractivity contribution < 1.29 is 23.9 Å². The van der Waals surface area contributed by atoms with E-state index in [9.17, 15) is 19.2 Å².